The van der Waals surface area contributed by atoms with E-state index in [1.165, 1.54) is 19.2 Å². The van der Waals surface area contributed by atoms with Gasteiger partial charge < -0.3 is 15.2 Å². The molecule has 0 spiro atoms. The van der Waals surface area contributed by atoms with E-state index < -0.39 is 11.7 Å². The van der Waals surface area contributed by atoms with Crippen LogP contribution in [0.15, 0.2) is 42.5 Å². The molecule has 2 N–H and O–H groups in total. The van der Waals surface area contributed by atoms with Crippen molar-refractivity contribution in [3.8, 4) is 11.5 Å². The zero-order valence-electron chi connectivity index (χ0n) is 12.7. The summed E-state index contributed by atoms with van der Waals surface area (Å²) >= 11 is 0. The van der Waals surface area contributed by atoms with Crippen LogP contribution in [0.1, 0.15) is 16.7 Å². The van der Waals surface area contributed by atoms with Crippen LogP contribution in [-0.4, -0.2) is 13.7 Å². The monoisotopic (exact) mass is 325 g/mol. The second-order valence-corrected chi connectivity index (χ2v) is 5.00. The topological polar surface area (TPSA) is 44.5 Å². The first-order chi connectivity index (χ1) is 10.9. The van der Waals surface area contributed by atoms with Crippen LogP contribution in [0.25, 0.3) is 0 Å². The predicted octanol–water partition coefficient (Wildman–Crippen LogP) is 3.79. The van der Waals surface area contributed by atoms with Gasteiger partial charge >= 0.3 is 6.18 Å². The van der Waals surface area contributed by atoms with Crippen molar-refractivity contribution in [3.05, 3.63) is 59.2 Å². The third-order valence-electron chi connectivity index (χ3n) is 3.33. The SMILES string of the molecule is COc1ccc(CCN)cc1COc1cccc(C(F)(F)F)c1. The molecule has 0 bridgehead atoms. The molecule has 0 aliphatic carbocycles. The third-order valence-corrected chi connectivity index (χ3v) is 3.33. The summed E-state index contributed by atoms with van der Waals surface area (Å²) in [5.41, 5.74) is 6.58. The first-order valence-electron chi connectivity index (χ1n) is 7.10. The first-order valence-corrected chi connectivity index (χ1v) is 7.10. The van der Waals surface area contributed by atoms with E-state index in [0.29, 0.717) is 18.7 Å². The van der Waals surface area contributed by atoms with Crippen LogP contribution in [-0.2, 0) is 19.2 Å². The van der Waals surface area contributed by atoms with Crippen LogP contribution < -0.4 is 15.2 Å². The Labute approximate surface area is 132 Å². The van der Waals surface area contributed by atoms with Gasteiger partial charge in [-0.05, 0) is 48.9 Å². The number of alkyl halides is 3. The van der Waals surface area contributed by atoms with Crippen LogP contribution >= 0.6 is 0 Å². The summed E-state index contributed by atoms with van der Waals surface area (Å²) in [6.07, 6.45) is -3.68. The molecule has 0 saturated carbocycles. The fourth-order valence-corrected chi connectivity index (χ4v) is 2.19. The third kappa shape index (κ3) is 4.63. The van der Waals surface area contributed by atoms with Gasteiger partial charge in [0.1, 0.15) is 18.1 Å². The molecular weight excluding hydrogens is 307 g/mol. The second kappa shape index (κ2) is 7.37. The summed E-state index contributed by atoms with van der Waals surface area (Å²) in [7, 11) is 1.53. The highest BCUT2D eigenvalue weighted by atomic mass is 19.4. The highest BCUT2D eigenvalue weighted by Crippen LogP contribution is 2.31. The molecule has 0 heterocycles. The fourth-order valence-electron chi connectivity index (χ4n) is 2.19. The minimum absolute atomic E-state index is 0.114. The maximum Gasteiger partial charge on any atom is 0.416 e. The van der Waals surface area contributed by atoms with E-state index in [-0.39, 0.29) is 12.4 Å². The lowest BCUT2D eigenvalue weighted by molar-refractivity contribution is -0.137. The smallest absolute Gasteiger partial charge is 0.416 e. The summed E-state index contributed by atoms with van der Waals surface area (Å²) < 4.78 is 48.8. The molecule has 2 aromatic rings. The van der Waals surface area contributed by atoms with Gasteiger partial charge in [-0.1, -0.05) is 12.1 Å². The molecule has 0 saturated heterocycles. The van der Waals surface area contributed by atoms with Crippen LogP contribution in [0.5, 0.6) is 11.5 Å². The maximum absolute atomic E-state index is 12.7. The molecule has 0 aliphatic rings. The Kier molecular flexibility index (Phi) is 5.50. The van der Waals surface area contributed by atoms with Gasteiger partial charge in [0, 0.05) is 5.56 Å². The predicted molar refractivity (Wildman–Crippen MR) is 81.5 cm³/mol. The Bertz CT molecular complexity index is 657. The van der Waals surface area contributed by atoms with E-state index >= 15 is 0 Å². The molecule has 23 heavy (non-hydrogen) atoms. The lowest BCUT2D eigenvalue weighted by atomic mass is 10.1. The molecule has 0 fully saturated rings. The van der Waals surface area contributed by atoms with E-state index in [1.807, 2.05) is 12.1 Å². The van der Waals surface area contributed by atoms with E-state index in [4.69, 9.17) is 15.2 Å². The molecular formula is C17H18F3NO2. The Morgan fingerprint density at radius 3 is 2.52 bits per heavy atom. The lowest BCUT2D eigenvalue weighted by Crippen LogP contribution is -2.06. The normalized spacial score (nSPS) is 11.3. The fraction of sp³-hybridized carbons (Fsp3) is 0.294. The van der Waals surface area contributed by atoms with Crippen LogP contribution in [0, 0.1) is 0 Å². The highest BCUT2D eigenvalue weighted by Gasteiger charge is 2.30. The molecule has 0 atom stereocenters. The van der Waals surface area contributed by atoms with Crippen molar-refractivity contribution in [1.29, 1.82) is 0 Å². The number of ether oxygens (including phenoxy) is 2. The zero-order valence-corrected chi connectivity index (χ0v) is 12.7. The molecule has 0 aromatic heterocycles. The van der Waals surface area contributed by atoms with Crippen LogP contribution in [0.4, 0.5) is 13.2 Å². The standard InChI is InChI=1S/C17H18F3NO2/c1-22-16-6-5-12(7-8-21)9-13(16)11-23-15-4-2-3-14(10-15)17(18,19)20/h2-6,9-10H,7-8,11,21H2,1H3. The van der Waals surface area contributed by atoms with Crippen LogP contribution in [0.3, 0.4) is 0 Å². The van der Waals surface area contributed by atoms with Gasteiger partial charge in [-0.25, -0.2) is 0 Å². The Hall–Kier alpha value is -2.21. The van der Waals surface area contributed by atoms with Crippen molar-refractivity contribution in [2.24, 2.45) is 5.73 Å². The zero-order chi connectivity index (χ0) is 16.9. The quantitative estimate of drug-likeness (QED) is 0.879. The Morgan fingerprint density at radius 1 is 1.09 bits per heavy atom. The number of halogens is 3. The van der Waals surface area contributed by atoms with Gasteiger partial charge in [0.2, 0.25) is 0 Å². The minimum atomic E-state index is -4.39. The number of hydrogen-bond donors (Lipinski definition) is 1. The number of benzene rings is 2. The van der Waals surface area contributed by atoms with Crippen molar-refractivity contribution in [3.63, 3.8) is 0 Å². The van der Waals surface area contributed by atoms with Gasteiger partial charge in [-0.2, -0.15) is 13.2 Å². The van der Waals surface area contributed by atoms with Crippen molar-refractivity contribution in [2.75, 3.05) is 13.7 Å². The van der Waals surface area contributed by atoms with Gasteiger partial charge in [0.25, 0.3) is 0 Å². The van der Waals surface area contributed by atoms with E-state index in [2.05, 4.69) is 0 Å². The van der Waals surface area contributed by atoms with Crippen molar-refractivity contribution < 1.29 is 22.6 Å². The van der Waals surface area contributed by atoms with Crippen molar-refractivity contribution in [2.45, 2.75) is 19.2 Å². The second-order valence-electron chi connectivity index (χ2n) is 5.00. The molecule has 0 unspecified atom stereocenters. The van der Waals surface area contributed by atoms with Crippen molar-refractivity contribution in [1.82, 2.24) is 0 Å². The number of hydrogen-bond acceptors (Lipinski definition) is 3. The average molecular weight is 325 g/mol. The van der Waals surface area contributed by atoms with E-state index in [1.54, 1.807) is 6.07 Å². The summed E-state index contributed by atoms with van der Waals surface area (Å²) in [6.45, 7) is 0.628. The Balaban J connectivity index is 2.15. The molecule has 6 heteroatoms. The first kappa shape index (κ1) is 17.1. The maximum atomic E-state index is 12.7. The van der Waals surface area contributed by atoms with Gasteiger partial charge in [-0.3, -0.25) is 0 Å². The lowest BCUT2D eigenvalue weighted by Gasteiger charge is -2.13. The molecule has 3 nitrogen and oxygen atoms in total. The Morgan fingerprint density at radius 2 is 1.87 bits per heavy atom. The van der Waals surface area contributed by atoms with Crippen LogP contribution in [0.2, 0.25) is 0 Å². The average Bonchev–Trinajstić information content (AvgIpc) is 2.53. The van der Waals surface area contributed by atoms with Crippen molar-refractivity contribution >= 4 is 0 Å². The molecule has 0 aliphatic heterocycles. The molecule has 2 rings (SSSR count). The van der Waals surface area contributed by atoms with Gasteiger partial charge in [-0.15, -0.1) is 0 Å². The largest absolute Gasteiger partial charge is 0.496 e. The van der Waals surface area contributed by atoms with E-state index in [0.717, 1.165) is 23.3 Å². The minimum Gasteiger partial charge on any atom is -0.496 e. The summed E-state index contributed by atoms with van der Waals surface area (Å²) in [4.78, 5) is 0. The molecule has 0 amide bonds. The number of nitrogens with two attached hydrogens (primary N) is 1. The number of methoxy groups -OCH3 is 1. The summed E-state index contributed by atoms with van der Waals surface area (Å²) in [5, 5.41) is 0. The summed E-state index contributed by atoms with van der Waals surface area (Å²) in [5.74, 6) is 0.781. The number of rotatable bonds is 6. The van der Waals surface area contributed by atoms with Gasteiger partial charge in [0.05, 0.1) is 12.7 Å². The molecule has 2 aromatic carbocycles. The summed E-state index contributed by atoms with van der Waals surface area (Å²) in [6, 6.07) is 10.4. The molecule has 0 radical (unpaired) electrons. The molecule has 124 valence electrons. The van der Waals surface area contributed by atoms with Gasteiger partial charge in [0.15, 0.2) is 0 Å². The highest BCUT2D eigenvalue weighted by molar-refractivity contribution is 5.38. The van der Waals surface area contributed by atoms with E-state index in [9.17, 15) is 13.2 Å².